The lowest BCUT2D eigenvalue weighted by Crippen LogP contribution is -2.20. The normalized spacial score (nSPS) is 18.3. The fraction of sp³-hybridized carbons (Fsp3) is 0.364. The molecule has 1 aliphatic carbocycles. The van der Waals surface area contributed by atoms with Gasteiger partial charge in [0.25, 0.3) is 0 Å². The number of nitriles is 2. The van der Waals surface area contributed by atoms with Crippen LogP contribution in [-0.2, 0) is 12.8 Å². The largest absolute Gasteiger partial charge is 0.496 e. The van der Waals surface area contributed by atoms with Crippen molar-refractivity contribution in [3.63, 3.8) is 0 Å². The summed E-state index contributed by atoms with van der Waals surface area (Å²) < 4.78 is 11.5. The van der Waals surface area contributed by atoms with Crippen LogP contribution in [-0.4, -0.2) is 13.7 Å². The molecule has 0 saturated heterocycles. The number of hydrogen-bond acceptors (Lipinski definition) is 4. The highest BCUT2D eigenvalue weighted by Crippen LogP contribution is 2.44. The monoisotopic (exact) mass is 346 g/mol. The third-order valence-electron chi connectivity index (χ3n) is 4.93. The molecule has 0 heterocycles. The molecule has 0 fully saturated rings. The number of fused-ring (bicyclic) bond motifs is 1. The number of aryl methyl sites for hydroxylation is 1. The van der Waals surface area contributed by atoms with Gasteiger partial charge in [0.15, 0.2) is 0 Å². The first-order valence-corrected chi connectivity index (χ1v) is 8.94. The molecule has 0 aromatic heterocycles. The average Bonchev–Trinajstić information content (AvgIpc) is 2.70. The van der Waals surface area contributed by atoms with Crippen LogP contribution in [0.3, 0.4) is 0 Å². The smallest absolute Gasteiger partial charge is 0.124 e. The van der Waals surface area contributed by atoms with Gasteiger partial charge < -0.3 is 9.47 Å². The van der Waals surface area contributed by atoms with E-state index in [1.54, 1.807) is 7.11 Å². The molecule has 4 nitrogen and oxygen atoms in total. The highest BCUT2D eigenvalue weighted by Gasteiger charge is 2.34. The zero-order valence-corrected chi connectivity index (χ0v) is 14.9. The second-order valence-electron chi connectivity index (χ2n) is 6.48. The minimum Gasteiger partial charge on any atom is -0.496 e. The highest BCUT2D eigenvalue weighted by molar-refractivity contribution is 5.54. The quantitative estimate of drug-likeness (QED) is 0.727. The van der Waals surface area contributed by atoms with Crippen molar-refractivity contribution in [1.29, 1.82) is 10.5 Å². The summed E-state index contributed by atoms with van der Waals surface area (Å²) in [5.74, 6) is 0.711. The summed E-state index contributed by atoms with van der Waals surface area (Å²) >= 11 is 0. The summed E-state index contributed by atoms with van der Waals surface area (Å²) in [6.07, 6.45) is 3.25. The summed E-state index contributed by atoms with van der Waals surface area (Å²) in [6, 6.07) is 18.7. The molecule has 2 unspecified atom stereocenters. The molecule has 0 N–H and O–H groups in total. The van der Waals surface area contributed by atoms with Crippen LogP contribution >= 0.6 is 0 Å². The van der Waals surface area contributed by atoms with Gasteiger partial charge in [-0.3, -0.25) is 0 Å². The minimum absolute atomic E-state index is 0.300. The van der Waals surface area contributed by atoms with Crippen molar-refractivity contribution in [3.05, 3.63) is 59.2 Å². The Balaban J connectivity index is 1.77. The maximum atomic E-state index is 9.65. The molecule has 4 heteroatoms. The standard InChI is InChI=1S/C22H22N2O2/c1-25-20-11-12-21(26-13-5-8-16-6-3-2-4-7-16)22-18(20)10-9-17(14-23)19(22)15-24/h2-4,6-7,11-12,17,19H,5,8-10,13H2,1H3. The zero-order valence-electron chi connectivity index (χ0n) is 14.9. The second kappa shape index (κ2) is 8.41. The molecular formula is C22H22N2O2. The van der Waals surface area contributed by atoms with E-state index < -0.39 is 5.92 Å². The first-order valence-electron chi connectivity index (χ1n) is 8.94. The predicted octanol–water partition coefficient (Wildman–Crippen LogP) is 4.40. The van der Waals surface area contributed by atoms with Crippen LogP contribution in [0.4, 0.5) is 0 Å². The van der Waals surface area contributed by atoms with Gasteiger partial charge in [0, 0.05) is 11.1 Å². The topological polar surface area (TPSA) is 66.0 Å². The fourth-order valence-corrected chi connectivity index (χ4v) is 3.60. The zero-order chi connectivity index (χ0) is 18.4. The van der Waals surface area contributed by atoms with E-state index in [1.165, 1.54) is 5.56 Å². The van der Waals surface area contributed by atoms with Gasteiger partial charge in [-0.05, 0) is 43.4 Å². The second-order valence-corrected chi connectivity index (χ2v) is 6.48. The SMILES string of the molecule is COc1ccc(OCCCc2ccccc2)c2c1CCC(C#N)C2C#N. The molecule has 0 bridgehead atoms. The van der Waals surface area contributed by atoms with Gasteiger partial charge in [0.1, 0.15) is 11.5 Å². The lowest BCUT2D eigenvalue weighted by Gasteiger charge is -2.28. The van der Waals surface area contributed by atoms with Crippen LogP contribution in [0.2, 0.25) is 0 Å². The van der Waals surface area contributed by atoms with Crippen LogP contribution < -0.4 is 9.47 Å². The van der Waals surface area contributed by atoms with Crippen molar-refractivity contribution in [2.45, 2.75) is 31.6 Å². The van der Waals surface area contributed by atoms with E-state index in [9.17, 15) is 10.5 Å². The summed E-state index contributed by atoms with van der Waals surface area (Å²) in [4.78, 5) is 0. The van der Waals surface area contributed by atoms with E-state index in [4.69, 9.17) is 9.47 Å². The van der Waals surface area contributed by atoms with Gasteiger partial charge in [-0.15, -0.1) is 0 Å². The molecule has 2 aromatic rings. The lowest BCUT2D eigenvalue weighted by atomic mass is 9.75. The van der Waals surface area contributed by atoms with Crippen molar-refractivity contribution < 1.29 is 9.47 Å². The molecule has 1 aliphatic rings. The van der Waals surface area contributed by atoms with Crippen molar-refractivity contribution in [2.75, 3.05) is 13.7 Å². The van der Waals surface area contributed by atoms with E-state index in [-0.39, 0.29) is 5.92 Å². The van der Waals surface area contributed by atoms with Crippen LogP contribution in [0.15, 0.2) is 42.5 Å². The summed E-state index contributed by atoms with van der Waals surface area (Å²) in [5.41, 5.74) is 3.13. The number of methoxy groups -OCH3 is 1. The van der Waals surface area contributed by atoms with Crippen molar-refractivity contribution in [1.82, 2.24) is 0 Å². The average molecular weight is 346 g/mol. The molecule has 0 amide bonds. The highest BCUT2D eigenvalue weighted by atomic mass is 16.5. The summed E-state index contributed by atoms with van der Waals surface area (Å²) in [7, 11) is 1.63. The van der Waals surface area contributed by atoms with E-state index in [2.05, 4.69) is 24.3 Å². The molecule has 0 aliphatic heterocycles. The summed E-state index contributed by atoms with van der Waals surface area (Å²) in [6.45, 7) is 0.572. The van der Waals surface area contributed by atoms with E-state index in [0.717, 1.165) is 36.1 Å². The Hall–Kier alpha value is -2.98. The van der Waals surface area contributed by atoms with Crippen LogP contribution in [0.25, 0.3) is 0 Å². The van der Waals surface area contributed by atoms with Crippen LogP contribution in [0, 0.1) is 28.6 Å². The lowest BCUT2D eigenvalue weighted by molar-refractivity contribution is 0.301. The van der Waals surface area contributed by atoms with E-state index in [1.807, 2.05) is 30.3 Å². The predicted molar refractivity (Wildman–Crippen MR) is 99.0 cm³/mol. The van der Waals surface area contributed by atoms with Gasteiger partial charge in [0.2, 0.25) is 0 Å². The number of ether oxygens (including phenoxy) is 2. The molecule has 132 valence electrons. The van der Waals surface area contributed by atoms with Crippen molar-refractivity contribution in [3.8, 4) is 23.6 Å². The Morgan fingerprint density at radius 1 is 1.04 bits per heavy atom. The number of hydrogen-bond donors (Lipinski definition) is 0. The van der Waals surface area contributed by atoms with Gasteiger partial charge in [0.05, 0.1) is 37.7 Å². The molecule has 2 aromatic carbocycles. The molecule has 2 atom stereocenters. The molecule has 26 heavy (non-hydrogen) atoms. The third kappa shape index (κ3) is 3.65. The van der Waals surface area contributed by atoms with E-state index >= 15 is 0 Å². The number of benzene rings is 2. The Morgan fingerprint density at radius 2 is 1.81 bits per heavy atom. The molecule has 0 spiro atoms. The fourth-order valence-electron chi connectivity index (χ4n) is 3.60. The molecule has 3 rings (SSSR count). The first-order chi connectivity index (χ1) is 12.8. The van der Waals surface area contributed by atoms with Gasteiger partial charge in [-0.2, -0.15) is 10.5 Å². The number of rotatable bonds is 6. The van der Waals surface area contributed by atoms with E-state index in [0.29, 0.717) is 18.8 Å². The summed E-state index contributed by atoms with van der Waals surface area (Å²) in [5, 5.41) is 19.1. The van der Waals surface area contributed by atoms with Crippen molar-refractivity contribution >= 4 is 0 Å². The Bertz CT molecular complexity index is 834. The Morgan fingerprint density at radius 3 is 2.50 bits per heavy atom. The number of nitrogens with zero attached hydrogens (tertiary/aromatic N) is 2. The maximum absolute atomic E-state index is 9.65. The maximum Gasteiger partial charge on any atom is 0.124 e. The van der Waals surface area contributed by atoms with Crippen LogP contribution in [0.1, 0.15) is 35.4 Å². The minimum atomic E-state index is -0.469. The first kappa shape index (κ1) is 17.8. The Kier molecular flexibility index (Phi) is 5.77. The molecule has 0 radical (unpaired) electrons. The molecule has 0 saturated carbocycles. The van der Waals surface area contributed by atoms with Crippen molar-refractivity contribution in [2.24, 2.45) is 5.92 Å². The molecular weight excluding hydrogens is 324 g/mol. The van der Waals surface area contributed by atoms with Gasteiger partial charge in [-0.25, -0.2) is 0 Å². The Labute approximate surface area is 154 Å². The van der Waals surface area contributed by atoms with Crippen LogP contribution in [0.5, 0.6) is 11.5 Å². The van der Waals surface area contributed by atoms with Gasteiger partial charge >= 0.3 is 0 Å². The van der Waals surface area contributed by atoms with Gasteiger partial charge in [-0.1, -0.05) is 30.3 Å². The third-order valence-corrected chi connectivity index (χ3v) is 4.93.